The number of anilines is 1. The van der Waals surface area contributed by atoms with Gasteiger partial charge < -0.3 is 14.2 Å². The second-order valence-corrected chi connectivity index (χ2v) is 10.0. The SMILES string of the molecule is O=C1N=C(N2CCN(c3cccc(C(F)(F)F)c3)CC2)S/C1=C/c1ccc(-c2cc(Cl)ccc2Cl)o1. The Bertz CT molecular complexity index is 1380. The van der Waals surface area contributed by atoms with Crippen LogP contribution < -0.4 is 4.90 Å². The summed E-state index contributed by atoms with van der Waals surface area (Å²) in [5.41, 5.74) is 0.502. The van der Waals surface area contributed by atoms with E-state index in [-0.39, 0.29) is 5.91 Å². The van der Waals surface area contributed by atoms with E-state index in [0.29, 0.717) is 69.1 Å². The van der Waals surface area contributed by atoms with E-state index in [0.717, 1.165) is 12.1 Å². The molecule has 0 N–H and O–H groups in total. The number of hydrogen-bond acceptors (Lipinski definition) is 5. The molecule has 1 saturated heterocycles. The third-order valence-electron chi connectivity index (χ3n) is 5.79. The molecular formula is C25H18Cl2F3N3O2S. The molecule has 186 valence electrons. The van der Waals surface area contributed by atoms with Crippen molar-refractivity contribution in [1.82, 2.24) is 4.90 Å². The third kappa shape index (κ3) is 5.28. The summed E-state index contributed by atoms with van der Waals surface area (Å²) in [6.45, 7) is 2.08. The maximum atomic E-state index is 13.1. The van der Waals surface area contributed by atoms with Gasteiger partial charge in [0.1, 0.15) is 11.5 Å². The Morgan fingerprint density at radius 3 is 2.47 bits per heavy atom. The fourth-order valence-corrected chi connectivity index (χ4v) is 5.29. The third-order valence-corrected chi connectivity index (χ3v) is 7.40. The zero-order chi connectivity index (χ0) is 25.4. The average Bonchev–Trinajstić information content (AvgIpc) is 3.47. The van der Waals surface area contributed by atoms with Crippen molar-refractivity contribution in [2.24, 2.45) is 4.99 Å². The second-order valence-electron chi connectivity index (χ2n) is 8.16. The average molecular weight is 552 g/mol. The van der Waals surface area contributed by atoms with Crippen molar-refractivity contribution in [3.63, 3.8) is 0 Å². The van der Waals surface area contributed by atoms with Crippen LogP contribution in [0.2, 0.25) is 10.0 Å². The fraction of sp³-hybridized carbons (Fsp3) is 0.200. The van der Waals surface area contributed by atoms with Crippen molar-refractivity contribution in [3.8, 4) is 11.3 Å². The number of carbonyl (C=O) groups excluding carboxylic acids is 1. The van der Waals surface area contributed by atoms with E-state index in [4.69, 9.17) is 27.6 Å². The smallest absolute Gasteiger partial charge is 0.416 e. The molecule has 0 unspecified atom stereocenters. The van der Waals surface area contributed by atoms with Crippen molar-refractivity contribution >= 4 is 57.8 Å². The van der Waals surface area contributed by atoms with Crippen LogP contribution in [0.3, 0.4) is 0 Å². The highest BCUT2D eigenvalue weighted by Crippen LogP contribution is 2.35. The number of benzene rings is 2. The minimum absolute atomic E-state index is 0.367. The molecule has 5 rings (SSSR count). The molecule has 2 aromatic carbocycles. The summed E-state index contributed by atoms with van der Waals surface area (Å²) in [6.07, 6.45) is -2.75. The van der Waals surface area contributed by atoms with Gasteiger partial charge in [-0.1, -0.05) is 29.3 Å². The fourth-order valence-electron chi connectivity index (χ4n) is 3.96. The molecule has 0 bridgehead atoms. The first-order valence-electron chi connectivity index (χ1n) is 10.9. The number of nitrogens with zero attached hydrogens (tertiary/aromatic N) is 3. The highest BCUT2D eigenvalue weighted by molar-refractivity contribution is 8.18. The molecule has 5 nitrogen and oxygen atoms in total. The number of piperazine rings is 1. The number of carbonyl (C=O) groups is 1. The molecule has 1 aromatic heterocycles. The Morgan fingerprint density at radius 2 is 1.72 bits per heavy atom. The van der Waals surface area contributed by atoms with Gasteiger partial charge in [-0.15, -0.1) is 0 Å². The minimum atomic E-state index is -4.38. The van der Waals surface area contributed by atoms with Gasteiger partial charge in [0.2, 0.25) is 0 Å². The molecule has 36 heavy (non-hydrogen) atoms. The number of rotatable bonds is 3. The molecule has 11 heteroatoms. The van der Waals surface area contributed by atoms with Crippen LogP contribution in [0.15, 0.2) is 68.9 Å². The summed E-state index contributed by atoms with van der Waals surface area (Å²) >= 11 is 13.6. The highest BCUT2D eigenvalue weighted by atomic mass is 35.5. The number of amides is 1. The maximum absolute atomic E-state index is 13.1. The summed E-state index contributed by atoms with van der Waals surface area (Å²) in [5, 5.41) is 1.59. The second kappa shape index (κ2) is 9.88. The van der Waals surface area contributed by atoms with Gasteiger partial charge in [0.05, 0.1) is 15.5 Å². The predicted molar refractivity (Wildman–Crippen MR) is 137 cm³/mol. The first kappa shape index (κ1) is 24.8. The van der Waals surface area contributed by atoms with Crippen LogP contribution in [0.25, 0.3) is 17.4 Å². The topological polar surface area (TPSA) is 49.1 Å². The molecule has 0 spiro atoms. The van der Waals surface area contributed by atoms with Gasteiger partial charge in [-0.2, -0.15) is 18.2 Å². The van der Waals surface area contributed by atoms with Crippen LogP contribution in [-0.2, 0) is 11.0 Å². The first-order valence-corrected chi connectivity index (χ1v) is 12.5. The molecule has 1 fully saturated rings. The largest absolute Gasteiger partial charge is 0.457 e. The van der Waals surface area contributed by atoms with E-state index in [2.05, 4.69) is 4.99 Å². The van der Waals surface area contributed by atoms with Gasteiger partial charge in [-0.25, -0.2) is 0 Å². The molecule has 1 amide bonds. The Balaban J connectivity index is 1.24. The highest BCUT2D eigenvalue weighted by Gasteiger charge is 2.32. The number of alkyl halides is 3. The Labute approximate surface area is 219 Å². The van der Waals surface area contributed by atoms with Crippen molar-refractivity contribution in [2.45, 2.75) is 6.18 Å². The van der Waals surface area contributed by atoms with Gasteiger partial charge in [-0.05, 0) is 60.3 Å². The summed E-state index contributed by atoms with van der Waals surface area (Å²) in [4.78, 5) is 21.0. The van der Waals surface area contributed by atoms with Crippen LogP contribution in [0.5, 0.6) is 0 Å². The Hall–Kier alpha value is -2.88. The molecule has 3 aromatic rings. The summed E-state index contributed by atoms with van der Waals surface area (Å²) < 4.78 is 45.0. The van der Waals surface area contributed by atoms with Crippen LogP contribution in [-0.4, -0.2) is 42.2 Å². The molecule has 2 aliphatic rings. The quantitative estimate of drug-likeness (QED) is 0.326. The molecule has 0 atom stereocenters. The van der Waals surface area contributed by atoms with Gasteiger partial charge in [0.25, 0.3) is 5.91 Å². The zero-order valence-corrected chi connectivity index (χ0v) is 20.9. The molecule has 0 saturated carbocycles. The Kier molecular flexibility index (Phi) is 6.80. The molecule has 2 aliphatic heterocycles. The first-order chi connectivity index (χ1) is 17.2. The van der Waals surface area contributed by atoms with Gasteiger partial charge in [-0.3, -0.25) is 4.79 Å². The molecular weight excluding hydrogens is 534 g/mol. The van der Waals surface area contributed by atoms with Crippen LogP contribution in [0.4, 0.5) is 18.9 Å². The number of furan rings is 1. The summed E-state index contributed by atoms with van der Waals surface area (Å²) in [7, 11) is 0. The van der Waals surface area contributed by atoms with Gasteiger partial charge in [0.15, 0.2) is 5.17 Å². The lowest BCUT2D eigenvalue weighted by molar-refractivity contribution is -0.137. The lowest BCUT2D eigenvalue weighted by Crippen LogP contribution is -2.47. The number of aliphatic imine (C=N–C) groups is 1. The summed E-state index contributed by atoms with van der Waals surface area (Å²) in [5.74, 6) is 0.633. The lowest BCUT2D eigenvalue weighted by Gasteiger charge is -2.36. The zero-order valence-electron chi connectivity index (χ0n) is 18.6. The molecule has 0 aliphatic carbocycles. The van der Waals surface area contributed by atoms with E-state index >= 15 is 0 Å². The van der Waals surface area contributed by atoms with Crippen molar-refractivity contribution in [2.75, 3.05) is 31.1 Å². The Morgan fingerprint density at radius 1 is 0.972 bits per heavy atom. The van der Waals surface area contributed by atoms with E-state index in [9.17, 15) is 18.0 Å². The van der Waals surface area contributed by atoms with E-state index in [1.807, 2.05) is 9.80 Å². The molecule has 3 heterocycles. The number of hydrogen-bond donors (Lipinski definition) is 0. The minimum Gasteiger partial charge on any atom is -0.457 e. The number of thioether (sulfide) groups is 1. The maximum Gasteiger partial charge on any atom is 0.416 e. The standard InChI is InChI=1S/C25H18Cl2F3N3O2S/c26-16-4-6-20(27)19(13-16)21-7-5-18(35-21)14-22-23(34)31-24(36-22)33-10-8-32(9-11-33)17-3-1-2-15(12-17)25(28,29)30/h1-7,12-14H,8-11H2/b22-14+. The molecule has 0 radical (unpaired) electrons. The van der Waals surface area contributed by atoms with E-state index < -0.39 is 11.7 Å². The van der Waals surface area contributed by atoms with Crippen molar-refractivity contribution in [3.05, 3.63) is 80.9 Å². The van der Waals surface area contributed by atoms with Crippen LogP contribution in [0, 0.1) is 0 Å². The summed E-state index contributed by atoms with van der Waals surface area (Å²) in [6, 6.07) is 13.9. The van der Waals surface area contributed by atoms with Gasteiger partial charge in [0, 0.05) is 48.5 Å². The van der Waals surface area contributed by atoms with Crippen molar-refractivity contribution in [1.29, 1.82) is 0 Å². The lowest BCUT2D eigenvalue weighted by atomic mass is 10.1. The van der Waals surface area contributed by atoms with Crippen molar-refractivity contribution < 1.29 is 22.4 Å². The number of halogens is 5. The van der Waals surface area contributed by atoms with E-state index in [1.165, 1.54) is 17.8 Å². The predicted octanol–water partition coefficient (Wildman–Crippen LogP) is 7.06. The van der Waals surface area contributed by atoms with Crippen LogP contribution in [0.1, 0.15) is 11.3 Å². The normalized spacial score (nSPS) is 17.8. The number of amidine groups is 1. The monoisotopic (exact) mass is 551 g/mol. The van der Waals surface area contributed by atoms with Crippen LogP contribution >= 0.6 is 35.0 Å². The van der Waals surface area contributed by atoms with E-state index in [1.54, 1.807) is 42.5 Å². The van der Waals surface area contributed by atoms with Gasteiger partial charge >= 0.3 is 6.18 Å².